The van der Waals surface area contributed by atoms with Crippen molar-refractivity contribution >= 4 is 65.3 Å². The fourth-order valence-corrected chi connectivity index (χ4v) is 7.43. The summed E-state index contributed by atoms with van der Waals surface area (Å²) >= 11 is 3.70. The van der Waals surface area contributed by atoms with Crippen molar-refractivity contribution in [1.29, 1.82) is 5.41 Å². The number of rotatable bonds is 16. The van der Waals surface area contributed by atoms with Crippen LogP contribution in [0.15, 0.2) is 207 Å². The standard InChI is InChI=1S/C39H28F3N4.C18H11N3O6.CNS.Ru/c40-39(41,42)38(44)26-36(43)37-25-32(23-24-45-37)31-17-21-35(22-18-31)46(33-9-5-2-6-10-33)34-19-15-30(16-20-34)29-13-11-28(12-14-29)27-7-3-1-4-8-27;22-9-25-12-1-3-19-15(5-12)17-7-14(27-11-24)8-18(21-17)16-6-13(26-10-23)2-4-20-16;2-1-3;/h1-26,43-44H;1-11H;;/q-1;;-1;+2/b36-26-,44-38?;;;. The van der Waals surface area contributed by atoms with Gasteiger partial charge >= 0.3 is 25.7 Å². The van der Waals surface area contributed by atoms with Gasteiger partial charge in [0.05, 0.1) is 22.8 Å². The third-order valence-electron chi connectivity index (χ3n) is 10.9. The molecule has 5 aromatic carbocycles. The molecule has 19 heteroatoms. The maximum absolute atomic E-state index is 12.8. The summed E-state index contributed by atoms with van der Waals surface area (Å²) in [4.78, 5) is 50.8. The third kappa shape index (κ3) is 15.4. The van der Waals surface area contributed by atoms with Crippen molar-refractivity contribution in [2.75, 3.05) is 4.90 Å². The third-order valence-corrected chi connectivity index (χ3v) is 10.9. The Morgan fingerprint density at radius 2 is 0.909 bits per heavy atom. The predicted octanol–water partition coefficient (Wildman–Crippen LogP) is 14.0. The van der Waals surface area contributed by atoms with Gasteiger partial charge in [-0.3, -0.25) is 34.7 Å². The van der Waals surface area contributed by atoms with Gasteiger partial charge in [0.25, 0.3) is 19.4 Å². The molecule has 0 aliphatic rings. The number of carbonyl (C=O) groups is 3. The van der Waals surface area contributed by atoms with Gasteiger partial charge in [-0.15, -0.1) is 5.70 Å². The Labute approximate surface area is 457 Å². The molecule has 0 unspecified atom stereocenters. The number of pyridine rings is 4. The van der Waals surface area contributed by atoms with E-state index in [1.165, 1.54) is 71.3 Å². The number of thiocarbonyl (C=S) groups is 1. The minimum absolute atomic E-state index is 0. The average molecular weight is 1130 g/mol. The number of ether oxygens (including phenoxy) is 3. The molecule has 4 heterocycles. The monoisotopic (exact) mass is 1130 g/mol. The van der Waals surface area contributed by atoms with E-state index in [9.17, 15) is 27.6 Å². The topological polar surface area (TPSA) is 204 Å². The fourth-order valence-electron chi connectivity index (χ4n) is 7.43. The second kappa shape index (κ2) is 27.6. The molecule has 0 aliphatic carbocycles. The van der Waals surface area contributed by atoms with Gasteiger partial charge in [-0.2, -0.15) is 18.3 Å². The number of anilines is 3. The molecule has 9 aromatic rings. The van der Waals surface area contributed by atoms with E-state index in [-0.39, 0.29) is 48.9 Å². The Kier molecular flexibility index (Phi) is 20.3. The van der Waals surface area contributed by atoms with Crippen molar-refractivity contribution in [3.63, 3.8) is 0 Å². The molecule has 0 saturated carbocycles. The molecule has 4 aromatic heterocycles. The molecule has 77 heavy (non-hydrogen) atoms. The Bertz CT molecular complexity index is 3450. The van der Waals surface area contributed by atoms with Gasteiger partial charge in [-0.05, 0) is 100 Å². The van der Waals surface area contributed by atoms with Crippen LogP contribution in [-0.4, -0.2) is 56.4 Å². The van der Waals surface area contributed by atoms with Crippen LogP contribution in [0.1, 0.15) is 5.69 Å². The largest absolute Gasteiger partial charge is 2.00 e. The molecule has 9 rings (SSSR count). The summed E-state index contributed by atoms with van der Waals surface area (Å²) in [5, 5.41) is 15.6. The Balaban J connectivity index is 0.000000264. The van der Waals surface area contributed by atoms with E-state index in [4.69, 9.17) is 30.8 Å². The molecule has 0 saturated heterocycles. The molecule has 0 spiro atoms. The fraction of sp³-hybridized carbons (Fsp3) is 0.0172. The molecule has 0 aliphatic heterocycles. The quantitative estimate of drug-likeness (QED) is 0.0415. The van der Waals surface area contributed by atoms with E-state index in [1.54, 1.807) is 12.1 Å². The maximum Gasteiger partial charge on any atom is 2.00 e. The first-order valence-corrected chi connectivity index (χ1v) is 22.9. The number of isothiocyanates is 1. The van der Waals surface area contributed by atoms with Crippen LogP contribution in [-0.2, 0) is 33.9 Å². The van der Waals surface area contributed by atoms with Crippen molar-refractivity contribution in [2.24, 2.45) is 0 Å². The smallest absolute Gasteiger partial charge is 0.753 e. The molecule has 0 atom stereocenters. The number of carbonyl (C=O) groups excluding carboxylic acids is 3. The van der Waals surface area contributed by atoms with E-state index in [1.807, 2.05) is 72.8 Å². The number of hydrogen-bond acceptors (Lipinski definition) is 13. The summed E-state index contributed by atoms with van der Waals surface area (Å²) in [6, 6.07) is 57.4. The van der Waals surface area contributed by atoms with Gasteiger partial charge in [0.2, 0.25) is 0 Å². The van der Waals surface area contributed by atoms with Gasteiger partial charge in [0, 0.05) is 65.6 Å². The minimum atomic E-state index is -4.82. The van der Waals surface area contributed by atoms with E-state index < -0.39 is 17.6 Å². The number of nitrogens with zero attached hydrogens (tertiary/aromatic N) is 6. The molecular formula is C58H39F3N8O6RuS. The number of aromatic nitrogens is 4. The molecule has 382 valence electrons. The molecule has 0 amide bonds. The Morgan fingerprint density at radius 1 is 0.532 bits per heavy atom. The SMILES string of the molecule is N=C(/C=C(\[NH-])c1cc(-c2ccc(N(c3ccccc3)c3ccc(-c4ccc(-c5ccccc5)cc4)cc3)cc2)ccn1)C(F)(F)F.O=COc1ccnc(-c2cc(OC=O)cc(-c3cc(OC=O)ccn3)n2)c1.[N-]=C=S.[Ru+2]. The number of nitrogens with one attached hydrogen (secondary N) is 2. The van der Waals surface area contributed by atoms with Crippen molar-refractivity contribution in [3.8, 4) is 73.4 Å². The van der Waals surface area contributed by atoms with Crippen molar-refractivity contribution in [2.45, 2.75) is 6.18 Å². The van der Waals surface area contributed by atoms with E-state index in [2.05, 4.69) is 97.7 Å². The van der Waals surface area contributed by atoms with Gasteiger partial charge in [-0.1, -0.05) is 109 Å². The van der Waals surface area contributed by atoms with Crippen LogP contribution in [0, 0.1) is 5.41 Å². The number of alkyl halides is 3. The summed E-state index contributed by atoms with van der Waals surface area (Å²) in [7, 11) is 0. The maximum atomic E-state index is 12.8. The molecule has 14 nitrogen and oxygen atoms in total. The summed E-state index contributed by atoms with van der Waals surface area (Å²) in [6.07, 6.45) is -0.0127. The van der Waals surface area contributed by atoms with Crippen LogP contribution in [0.4, 0.5) is 30.2 Å². The molecule has 2 N–H and O–H groups in total. The summed E-state index contributed by atoms with van der Waals surface area (Å²) in [5.74, 6) is 0.760. The Hall–Kier alpha value is -9.67. The van der Waals surface area contributed by atoms with E-state index in [0.29, 0.717) is 47.4 Å². The van der Waals surface area contributed by atoms with Gasteiger partial charge in [0.15, 0.2) is 0 Å². The van der Waals surface area contributed by atoms with Crippen molar-refractivity contribution < 1.29 is 61.2 Å². The van der Waals surface area contributed by atoms with Gasteiger partial charge in [-0.25, -0.2) is 4.98 Å². The second-order valence-electron chi connectivity index (χ2n) is 15.7. The van der Waals surface area contributed by atoms with E-state index >= 15 is 0 Å². The second-order valence-corrected chi connectivity index (χ2v) is 15.9. The number of para-hydroxylation sites is 1. The zero-order valence-electron chi connectivity index (χ0n) is 39.9. The zero-order valence-corrected chi connectivity index (χ0v) is 42.4. The van der Waals surface area contributed by atoms with Crippen molar-refractivity contribution in [3.05, 3.63) is 223 Å². The van der Waals surface area contributed by atoms with Crippen LogP contribution in [0.2, 0.25) is 0 Å². The van der Waals surface area contributed by atoms with Crippen molar-refractivity contribution in [1.82, 2.24) is 19.9 Å². The minimum Gasteiger partial charge on any atom is -0.753 e. The normalized spacial score (nSPS) is 10.6. The first kappa shape index (κ1) is 56.6. The zero-order chi connectivity index (χ0) is 53.9. The number of halogens is 3. The van der Waals surface area contributed by atoms with E-state index in [0.717, 1.165) is 33.8 Å². The Morgan fingerprint density at radius 3 is 1.36 bits per heavy atom. The van der Waals surface area contributed by atoms with Crippen LogP contribution < -0.4 is 19.1 Å². The summed E-state index contributed by atoms with van der Waals surface area (Å²) < 4.78 is 53.0. The van der Waals surface area contributed by atoms with Gasteiger partial charge in [0.1, 0.15) is 23.0 Å². The predicted molar refractivity (Wildman–Crippen MR) is 288 cm³/mol. The molecule has 0 fully saturated rings. The molecular weight excluding hydrogens is 1090 g/mol. The number of benzene rings is 5. The number of allylic oxidation sites excluding steroid dienone is 1. The van der Waals surface area contributed by atoms with Crippen LogP contribution in [0.5, 0.6) is 17.2 Å². The van der Waals surface area contributed by atoms with Crippen LogP contribution in [0.3, 0.4) is 0 Å². The number of hydrogen-bond donors (Lipinski definition) is 1. The van der Waals surface area contributed by atoms with Gasteiger partial charge < -0.3 is 30.3 Å². The summed E-state index contributed by atoms with van der Waals surface area (Å²) in [5.41, 5.74) is 16.4. The van der Waals surface area contributed by atoms with Crippen LogP contribution >= 0.6 is 12.2 Å². The van der Waals surface area contributed by atoms with Crippen LogP contribution in [0.25, 0.3) is 73.0 Å². The first-order chi connectivity index (χ1) is 36.9. The first-order valence-electron chi connectivity index (χ1n) is 22.5. The summed E-state index contributed by atoms with van der Waals surface area (Å²) in [6.45, 7) is 0.875. The average Bonchev–Trinajstić information content (AvgIpc) is 3.45. The molecule has 0 bridgehead atoms. The molecule has 0 radical (unpaired) electrons.